The number of nitrogens with zero attached hydrogens (tertiary/aromatic N) is 2. The number of anilines is 1. The largest absolute Gasteiger partial charge is 0.382 e. The normalized spacial score (nSPS) is 11.1. The highest BCUT2D eigenvalue weighted by molar-refractivity contribution is 7.98. The summed E-state index contributed by atoms with van der Waals surface area (Å²) in [5, 5.41) is 4.46. The van der Waals surface area contributed by atoms with Crippen molar-refractivity contribution in [1.82, 2.24) is 9.78 Å². The summed E-state index contributed by atoms with van der Waals surface area (Å²) >= 11 is 1.74. The van der Waals surface area contributed by atoms with Crippen LogP contribution in [0.5, 0.6) is 0 Å². The Bertz CT molecular complexity index is 786. The standard InChI is InChI=1S/C19H21N3S/c1-13(2)14-4-8-16(9-5-14)22-18(12-19(20)21-22)15-6-10-17(23-3)11-7-15/h4-13H,1-3H3,(H2,20,21). The molecular weight excluding hydrogens is 302 g/mol. The molecule has 2 N–H and O–H groups in total. The molecule has 2 aromatic carbocycles. The first-order chi connectivity index (χ1) is 11.1. The highest BCUT2D eigenvalue weighted by atomic mass is 32.2. The van der Waals surface area contributed by atoms with Crippen LogP contribution < -0.4 is 5.73 Å². The number of hydrogen-bond donors (Lipinski definition) is 1. The SMILES string of the molecule is CSc1ccc(-c2cc(N)nn2-c2ccc(C(C)C)cc2)cc1. The zero-order valence-corrected chi connectivity index (χ0v) is 14.5. The fourth-order valence-corrected chi connectivity index (χ4v) is 2.97. The number of nitrogens with two attached hydrogens (primary N) is 1. The molecule has 3 rings (SSSR count). The van der Waals surface area contributed by atoms with Gasteiger partial charge in [-0.25, -0.2) is 4.68 Å². The summed E-state index contributed by atoms with van der Waals surface area (Å²) in [5.74, 6) is 1.05. The van der Waals surface area contributed by atoms with Crippen molar-refractivity contribution in [2.75, 3.05) is 12.0 Å². The number of nitrogen functional groups attached to an aromatic ring is 1. The number of benzene rings is 2. The van der Waals surface area contributed by atoms with E-state index in [2.05, 4.69) is 73.7 Å². The average Bonchev–Trinajstić information content (AvgIpc) is 2.97. The lowest BCUT2D eigenvalue weighted by Gasteiger charge is -2.10. The first-order valence-corrected chi connectivity index (χ1v) is 8.91. The molecule has 0 saturated heterocycles. The predicted molar refractivity (Wildman–Crippen MR) is 99.3 cm³/mol. The van der Waals surface area contributed by atoms with Crippen LogP contribution in [-0.2, 0) is 0 Å². The first-order valence-electron chi connectivity index (χ1n) is 7.69. The van der Waals surface area contributed by atoms with E-state index in [1.807, 2.05) is 10.7 Å². The number of hydrogen-bond acceptors (Lipinski definition) is 3. The summed E-state index contributed by atoms with van der Waals surface area (Å²) in [6.45, 7) is 4.39. The minimum absolute atomic E-state index is 0.519. The third-order valence-corrected chi connectivity index (χ3v) is 4.66. The van der Waals surface area contributed by atoms with Crippen LogP contribution in [0.3, 0.4) is 0 Å². The van der Waals surface area contributed by atoms with Crippen molar-refractivity contribution in [3.8, 4) is 16.9 Å². The third kappa shape index (κ3) is 3.27. The second-order valence-corrected chi connectivity index (χ2v) is 6.72. The summed E-state index contributed by atoms with van der Waals surface area (Å²) in [6, 6.07) is 18.9. The monoisotopic (exact) mass is 323 g/mol. The van der Waals surface area contributed by atoms with Crippen molar-refractivity contribution < 1.29 is 0 Å². The molecule has 0 saturated carbocycles. The van der Waals surface area contributed by atoms with Crippen LogP contribution in [0, 0.1) is 0 Å². The topological polar surface area (TPSA) is 43.8 Å². The fraction of sp³-hybridized carbons (Fsp3) is 0.211. The summed E-state index contributed by atoms with van der Waals surface area (Å²) in [7, 11) is 0. The molecule has 0 atom stereocenters. The summed E-state index contributed by atoms with van der Waals surface area (Å²) in [6.07, 6.45) is 2.08. The van der Waals surface area contributed by atoms with Crippen LogP contribution in [0.1, 0.15) is 25.3 Å². The van der Waals surface area contributed by atoms with Crippen molar-refractivity contribution in [2.24, 2.45) is 0 Å². The van der Waals surface area contributed by atoms with Gasteiger partial charge in [0, 0.05) is 16.5 Å². The Morgan fingerprint density at radius 2 is 1.65 bits per heavy atom. The van der Waals surface area contributed by atoms with Crippen molar-refractivity contribution in [1.29, 1.82) is 0 Å². The van der Waals surface area contributed by atoms with Gasteiger partial charge in [-0.1, -0.05) is 38.1 Å². The van der Waals surface area contributed by atoms with E-state index in [9.17, 15) is 0 Å². The number of rotatable bonds is 4. The molecule has 0 aliphatic rings. The van der Waals surface area contributed by atoms with E-state index in [0.717, 1.165) is 16.9 Å². The molecule has 1 heterocycles. The van der Waals surface area contributed by atoms with Gasteiger partial charge in [0.2, 0.25) is 0 Å². The summed E-state index contributed by atoms with van der Waals surface area (Å²) in [4.78, 5) is 1.24. The molecule has 3 aromatic rings. The van der Waals surface area contributed by atoms with Gasteiger partial charge >= 0.3 is 0 Å². The molecule has 0 radical (unpaired) electrons. The molecule has 23 heavy (non-hydrogen) atoms. The van der Waals surface area contributed by atoms with Crippen LogP contribution in [0.2, 0.25) is 0 Å². The molecule has 0 amide bonds. The van der Waals surface area contributed by atoms with Crippen molar-refractivity contribution in [3.63, 3.8) is 0 Å². The maximum atomic E-state index is 5.95. The Balaban J connectivity index is 2.02. The zero-order chi connectivity index (χ0) is 16.4. The smallest absolute Gasteiger partial charge is 0.146 e. The minimum atomic E-state index is 0.519. The van der Waals surface area contributed by atoms with Gasteiger partial charge in [-0.15, -0.1) is 11.8 Å². The number of thioether (sulfide) groups is 1. The lowest BCUT2D eigenvalue weighted by molar-refractivity contribution is 0.857. The van der Waals surface area contributed by atoms with Gasteiger partial charge in [0.15, 0.2) is 0 Å². The quantitative estimate of drug-likeness (QED) is 0.690. The van der Waals surface area contributed by atoms with Gasteiger partial charge in [0.1, 0.15) is 5.82 Å². The molecule has 4 heteroatoms. The van der Waals surface area contributed by atoms with E-state index in [-0.39, 0.29) is 0 Å². The van der Waals surface area contributed by atoms with Gasteiger partial charge in [0.25, 0.3) is 0 Å². The Labute approximate surface area is 141 Å². The summed E-state index contributed by atoms with van der Waals surface area (Å²) in [5.41, 5.74) is 10.4. The van der Waals surface area contributed by atoms with Crippen molar-refractivity contribution in [2.45, 2.75) is 24.7 Å². The molecule has 1 aromatic heterocycles. The highest BCUT2D eigenvalue weighted by Crippen LogP contribution is 2.27. The third-order valence-electron chi connectivity index (χ3n) is 3.92. The summed E-state index contributed by atoms with van der Waals surface area (Å²) < 4.78 is 1.91. The van der Waals surface area contributed by atoms with Crippen molar-refractivity contribution >= 4 is 17.6 Å². The van der Waals surface area contributed by atoms with Crippen LogP contribution in [0.4, 0.5) is 5.82 Å². The van der Waals surface area contributed by atoms with Gasteiger partial charge in [-0.05, 0) is 42.0 Å². The van der Waals surface area contributed by atoms with Gasteiger partial charge < -0.3 is 5.73 Å². The van der Waals surface area contributed by atoms with Crippen LogP contribution in [0.15, 0.2) is 59.5 Å². The minimum Gasteiger partial charge on any atom is -0.382 e. The lowest BCUT2D eigenvalue weighted by atomic mass is 10.0. The first kappa shape index (κ1) is 15.7. The van der Waals surface area contributed by atoms with Crippen LogP contribution in [-0.4, -0.2) is 16.0 Å². The molecule has 3 nitrogen and oxygen atoms in total. The van der Waals surface area contributed by atoms with Crippen LogP contribution >= 0.6 is 11.8 Å². The molecule has 0 bridgehead atoms. The molecule has 0 fully saturated rings. The maximum Gasteiger partial charge on any atom is 0.146 e. The van der Waals surface area contributed by atoms with E-state index in [4.69, 9.17) is 5.73 Å². The Morgan fingerprint density at radius 3 is 2.22 bits per heavy atom. The molecule has 0 aliphatic heterocycles. The van der Waals surface area contributed by atoms with E-state index >= 15 is 0 Å². The van der Waals surface area contributed by atoms with E-state index in [1.165, 1.54) is 10.5 Å². The van der Waals surface area contributed by atoms with E-state index in [0.29, 0.717) is 11.7 Å². The molecule has 118 valence electrons. The Kier molecular flexibility index (Phi) is 4.44. The Hall–Kier alpha value is -2.20. The molecule has 0 spiro atoms. The molecule has 0 aliphatic carbocycles. The average molecular weight is 323 g/mol. The van der Waals surface area contributed by atoms with Crippen LogP contribution in [0.25, 0.3) is 16.9 Å². The van der Waals surface area contributed by atoms with E-state index < -0.39 is 0 Å². The second kappa shape index (κ2) is 6.50. The zero-order valence-electron chi connectivity index (χ0n) is 13.7. The van der Waals surface area contributed by atoms with E-state index in [1.54, 1.807) is 11.8 Å². The van der Waals surface area contributed by atoms with Gasteiger partial charge in [0.05, 0.1) is 11.4 Å². The highest BCUT2D eigenvalue weighted by Gasteiger charge is 2.11. The maximum absolute atomic E-state index is 5.95. The fourth-order valence-electron chi connectivity index (χ4n) is 2.56. The Morgan fingerprint density at radius 1 is 1.00 bits per heavy atom. The molecular formula is C19H21N3S. The van der Waals surface area contributed by atoms with Crippen molar-refractivity contribution in [3.05, 3.63) is 60.2 Å². The van der Waals surface area contributed by atoms with Gasteiger partial charge in [-0.2, -0.15) is 5.10 Å². The molecule has 0 unspecified atom stereocenters. The predicted octanol–water partition coefficient (Wildman–Crippen LogP) is 4.97. The lowest BCUT2D eigenvalue weighted by Crippen LogP contribution is -2.00. The van der Waals surface area contributed by atoms with Gasteiger partial charge in [-0.3, -0.25) is 0 Å². The second-order valence-electron chi connectivity index (χ2n) is 5.84. The number of aromatic nitrogens is 2.